The third-order valence-electron chi connectivity index (χ3n) is 5.57. The van der Waals surface area contributed by atoms with Crippen LogP contribution in [-0.4, -0.2) is 34.5 Å². The Bertz CT molecular complexity index is 1470. The predicted molar refractivity (Wildman–Crippen MR) is 128 cm³/mol. The molecule has 0 bridgehead atoms. The first-order valence-electron chi connectivity index (χ1n) is 10.7. The van der Waals surface area contributed by atoms with Gasteiger partial charge in [-0.1, -0.05) is 48.0 Å². The first-order chi connectivity index (χ1) is 16.5. The van der Waals surface area contributed by atoms with Crippen LogP contribution >= 0.6 is 0 Å². The molecule has 1 amide bonds. The molecule has 0 saturated carbocycles. The highest BCUT2D eigenvalue weighted by Crippen LogP contribution is 2.31. The van der Waals surface area contributed by atoms with Crippen molar-refractivity contribution in [1.82, 2.24) is 9.99 Å². The summed E-state index contributed by atoms with van der Waals surface area (Å²) in [4.78, 5) is 25.7. The van der Waals surface area contributed by atoms with Crippen molar-refractivity contribution in [3.63, 3.8) is 0 Å². The Morgan fingerprint density at radius 3 is 2.47 bits per heavy atom. The van der Waals surface area contributed by atoms with Gasteiger partial charge in [0.2, 0.25) is 12.0 Å². The summed E-state index contributed by atoms with van der Waals surface area (Å²) >= 11 is 0. The molecule has 0 spiro atoms. The molecule has 0 unspecified atom stereocenters. The number of hydrazone groups is 1. The number of hydrogen-bond acceptors (Lipinski definition) is 6. The van der Waals surface area contributed by atoms with E-state index in [-0.39, 0.29) is 18.0 Å². The number of fused-ring (bicyclic) bond motifs is 2. The Kier molecular flexibility index (Phi) is 5.47. The smallest absolute Gasteiger partial charge is 0.284 e. The van der Waals surface area contributed by atoms with Gasteiger partial charge in [0, 0.05) is 10.8 Å². The highest BCUT2D eigenvalue weighted by atomic mass is 16.6. The maximum Gasteiger partial charge on any atom is 0.284 e. The number of aromatic nitrogens is 1. The molecule has 0 aliphatic carbocycles. The minimum Gasteiger partial charge on any atom is -0.494 e. The monoisotopic (exact) mass is 455 g/mol. The number of ether oxygens (including phenoxy) is 2. The number of benzene rings is 3. The zero-order chi connectivity index (χ0) is 23.7. The molecule has 3 aromatic carbocycles. The molecule has 0 fully saturated rings. The maximum atomic E-state index is 13.1. The summed E-state index contributed by atoms with van der Waals surface area (Å²) in [6.45, 7) is 1.98. The maximum absolute atomic E-state index is 13.1. The van der Waals surface area contributed by atoms with Crippen molar-refractivity contribution in [2.75, 3.05) is 6.61 Å². The summed E-state index contributed by atoms with van der Waals surface area (Å²) in [7, 11) is 0. The van der Waals surface area contributed by atoms with E-state index in [2.05, 4.69) is 10.5 Å². The molecule has 2 N–H and O–H groups in total. The van der Waals surface area contributed by atoms with Crippen LogP contribution in [0.1, 0.15) is 11.1 Å². The minimum absolute atomic E-state index is 0.0465. The molecule has 2 heterocycles. The van der Waals surface area contributed by atoms with E-state index < -0.39 is 12.0 Å². The molecular weight excluding hydrogens is 434 g/mol. The Hall–Kier alpha value is -4.59. The molecule has 8 nitrogen and oxygen atoms in total. The number of para-hydroxylation sites is 2. The number of aryl methyl sites for hydroxylation is 1. The number of carbonyl (C=O) groups excluding carboxylic acids is 1. The molecule has 4 aromatic rings. The van der Waals surface area contributed by atoms with Gasteiger partial charge in [0.15, 0.2) is 11.5 Å². The number of pyridine rings is 1. The lowest BCUT2D eigenvalue weighted by molar-refractivity contribution is -0.130. The van der Waals surface area contributed by atoms with E-state index in [0.717, 1.165) is 5.56 Å². The SMILES string of the molecule is Cc1ccc(-n2c(O)c(/C=N/NC(=O)[C@H]3COc4ccccc4O3)c3ccccc3c2=O)cc1. The lowest BCUT2D eigenvalue weighted by Crippen LogP contribution is -2.42. The van der Waals surface area contributed by atoms with Gasteiger partial charge >= 0.3 is 0 Å². The molecule has 34 heavy (non-hydrogen) atoms. The van der Waals surface area contributed by atoms with Crippen LogP contribution in [0.25, 0.3) is 16.5 Å². The van der Waals surface area contributed by atoms with Crippen LogP contribution in [0.2, 0.25) is 0 Å². The van der Waals surface area contributed by atoms with E-state index in [1.165, 1.54) is 10.8 Å². The van der Waals surface area contributed by atoms with E-state index in [4.69, 9.17) is 9.47 Å². The Morgan fingerprint density at radius 2 is 1.71 bits per heavy atom. The average Bonchev–Trinajstić information content (AvgIpc) is 2.87. The third kappa shape index (κ3) is 3.86. The van der Waals surface area contributed by atoms with Gasteiger partial charge in [0.1, 0.15) is 6.61 Å². The summed E-state index contributed by atoms with van der Waals surface area (Å²) in [6.07, 6.45) is 0.441. The van der Waals surface area contributed by atoms with Gasteiger partial charge in [-0.15, -0.1) is 0 Å². The van der Waals surface area contributed by atoms with Crippen molar-refractivity contribution < 1.29 is 19.4 Å². The second-order valence-electron chi connectivity index (χ2n) is 7.86. The van der Waals surface area contributed by atoms with E-state index in [0.29, 0.717) is 33.5 Å². The number of hydrogen-bond donors (Lipinski definition) is 2. The standard InChI is InChI=1S/C26H21N3O5/c1-16-10-12-17(13-11-16)29-25(31)19-7-3-2-6-18(19)20(26(29)32)14-27-28-24(30)23-15-33-21-8-4-5-9-22(21)34-23/h2-14,23,32H,15H2,1H3,(H,28,30)/b27-14+/t23-/m1/s1. The summed E-state index contributed by atoms with van der Waals surface area (Å²) < 4.78 is 12.5. The van der Waals surface area contributed by atoms with Gasteiger partial charge in [-0.25, -0.2) is 9.99 Å². The van der Waals surface area contributed by atoms with Crippen molar-refractivity contribution >= 4 is 22.9 Å². The Morgan fingerprint density at radius 1 is 1.03 bits per heavy atom. The Balaban J connectivity index is 1.46. The van der Waals surface area contributed by atoms with Crippen LogP contribution in [0.4, 0.5) is 0 Å². The number of nitrogens with zero attached hydrogens (tertiary/aromatic N) is 2. The molecule has 1 aromatic heterocycles. The summed E-state index contributed by atoms with van der Waals surface area (Å²) in [6, 6.07) is 21.2. The van der Waals surface area contributed by atoms with Crippen LogP contribution in [-0.2, 0) is 4.79 Å². The zero-order valence-electron chi connectivity index (χ0n) is 18.3. The van der Waals surface area contributed by atoms with Gasteiger partial charge in [0.25, 0.3) is 11.5 Å². The van der Waals surface area contributed by atoms with Gasteiger partial charge in [-0.05, 0) is 37.3 Å². The zero-order valence-corrected chi connectivity index (χ0v) is 18.3. The largest absolute Gasteiger partial charge is 0.494 e. The van der Waals surface area contributed by atoms with Crippen LogP contribution in [0.15, 0.2) is 82.7 Å². The van der Waals surface area contributed by atoms with Crippen molar-refractivity contribution in [3.05, 3.63) is 94.3 Å². The highest BCUT2D eigenvalue weighted by molar-refractivity contribution is 6.02. The lowest BCUT2D eigenvalue weighted by atomic mass is 10.1. The molecule has 5 rings (SSSR count). The molecule has 8 heteroatoms. The number of rotatable bonds is 4. The highest BCUT2D eigenvalue weighted by Gasteiger charge is 2.27. The second kappa shape index (κ2) is 8.74. The Labute approximate surface area is 194 Å². The van der Waals surface area contributed by atoms with Gasteiger partial charge in [-0.2, -0.15) is 5.10 Å². The van der Waals surface area contributed by atoms with Crippen LogP contribution in [0.5, 0.6) is 17.4 Å². The number of amides is 1. The van der Waals surface area contributed by atoms with Crippen LogP contribution in [0, 0.1) is 6.92 Å². The number of aromatic hydroxyl groups is 1. The van der Waals surface area contributed by atoms with Gasteiger partial charge in [0.05, 0.1) is 17.5 Å². The number of nitrogens with one attached hydrogen (secondary N) is 1. The quantitative estimate of drug-likeness (QED) is 0.363. The summed E-state index contributed by atoms with van der Waals surface area (Å²) in [5.41, 5.74) is 3.91. The summed E-state index contributed by atoms with van der Waals surface area (Å²) in [5.74, 6) is 0.273. The first kappa shape index (κ1) is 21.3. The van der Waals surface area contributed by atoms with E-state index in [9.17, 15) is 14.7 Å². The summed E-state index contributed by atoms with van der Waals surface area (Å²) in [5, 5.41) is 16.0. The number of carbonyl (C=O) groups is 1. The topological polar surface area (TPSA) is 102 Å². The van der Waals surface area contributed by atoms with Crippen molar-refractivity contribution in [2.45, 2.75) is 13.0 Å². The van der Waals surface area contributed by atoms with E-state index in [1.807, 2.05) is 25.1 Å². The minimum atomic E-state index is -0.876. The lowest BCUT2D eigenvalue weighted by Gasteiger charge is -2.24. The fraction of sp³-hybridized carbons (Fsp3) is 0.115. The van der Waals surface area contributed by atoms with Crippen LogP contribution < -0.4 is 20.5 Å². The normalized spacial score (nSPS) is 14.9. The first-order valence-corrected chi connectivity index (χ1v) is 10.7. The van der Waals surface area contributed by atoms with Gasteiger partial charge < -0.3 is 14.6 Å². The van der Waals surface area contributed by atoms with Gasteiger partial charge in [-0.3, -0.25) is 9.59 Å². The van der Waals surface area contributed by atoms with Crippen molar-refractivity contribution in [1.29, 1.82) is 0 Å². The average molecular weight is 455 g/mol. The molecular formula is C26H21N3O5. The third-order valence-corrected chi connectivity index (χ3v) is 5.57. The molecule has 1 aliphatic heterocycles. The van der Waals surface area contributed by atoms with Crippen molar-refractivity contribution in [3.8, 4) is 23.1 Å². The predicted octanol–water partition coefficient (Wildman–Crippen LogP) is 3.29. The van der Waals surface area contributed by atoms with Crippen LogP contribution in [0.3, 0.4) is 0 Å². The fourth-order valence-corrected chi connectivity index (χ4v) is 3.80. The molecule has 1 aliphatic rings. The van der Waals surface area contributed by atoms with E-state index in [1.54, 1.807) is 54.6 Å². The second-order valence-corrected chi connectivity index (χ2v) is 7.86. The molecule has 0 saturated heterocycles. The van der Waals surface area contributed by atoms with Crippen molar-refractivity contribution in [2.24, 2.45) is 5.10 Å². The molecule has 170 valence electrons. The van der Waals surface area contributed by atoms with E-state index >= 15 is 0 Å². The molecule has 0 radical (unpaired) electrons. The molecule has 1 atom stereocenters. The fourth-order valence-electron chi connectivity index (χ4n) is 3.80.